The van der Waals surface area contributed by atoms with Gasteiger partial charge in [-0.05, 0) is 43.9 Å². The maximum absolute atomic E-state index is 12.7. The molecule has 154 valence electrons. The highest BCUT2D eigenvalue weighted by molar-refractivity contribution is 6.02. The molecule has 1 aromatic carbocycles. The molecule has 28 heavy (non-hydrogen) atoms. The van der Waals surface area contributed by atoms with Gasteiger partial charge in [0.1, 0.15) is 0 Å². The van der Waals surface area contributed by atoms with Gasteiger partial charge < -0.3 is 25.6 Å². The molecule has 0 atom stereocenters. The summed E-state index contributed by atoms with van der Waals surface area (Å²) in [4.78, 5) is 27.3. The number of benzene rings is 1. The minimum Gasteiger partial charge on any atom is -0.383 e. The zero-order valence-corrected chi connectivity index (χ0v) is 16.8. The number of nitrogens with one attached hydrogen (secondary N) is 3. The minimum absolute atomic E-state index is 0.143. The van der Waals surface area contributed by atoms with Crippen molar-refractivity contribution >= 4 is 23.3 Å². The highest BCUT2D eigenvalue weighted by atomic mass is 16.5. The molecule has 3 amide bonds. The van der Waals surface area contributed by atoms with Crippen molar-refractivity contribution in [1.82, 2.24) is 10.6 Å². The fraction of sp³-hybridized carbons (Fsp3) is 0.619. The van der Waals surface area contributed by atoms with Crippen molar-refractivity contribution in [3.05, 3.63) is 23.8 Å². The Bertz CT molecular complexity index is 668. The van der Waals surface area contributed by atoms with Gasteiger partial charge in [-0.3, -0.25) is 4.79 Å². The van der Waals surface area contributed by atoms with Gasteiger partial charge in [-0.15, -0.1) is 0 Å². The van der Waals surface area contributed by atoms with E-state index in [1.165, 1.54) is 19.3 Å². The second kappa shape index (κ2) is 10.3. The lowest BCUT2D eigenvalue weighted by atomic mass is 9.96. The molecule has 0 aromatic heterocycles. The molecular weight excluding hydrogens is 356 g/mol. The van der Waals surface area contributed by atoms with E-state index in [9.17, 15) is 9.59 Å². The first-order valence-electron chi connectivity index (χ1n) is 10.4. The van der Waals surface area contributed by atoms with Gasteiger partial charge in [-0.25, -0.2) is 4.79 Å². The van der Waals surface area contributed by atoms with Crippen molar-refractivity contribution < 1.29 is 14.3 Å². The Morgan fingerprint density at radius 1 is 1.11 bits per heavy atom. The third kappa shape index (κ3) is 5.61. The number of anilines is 2. The summed E-state index contributed by atoms with van der Waals surface area (Å²) in [5.41, 5.74) is 2.15. The molecule has 0 bridgehead atoms. The monoisotopic (exact) mass is 388 g/mol. The quantitative estimate of drug-likeness (QED) is 0.627. The van der Waals surface area contributed by atoms with Crippen molar-refractivity contribution in [3.8, 4) is 0 Å². The summed E-state index contributed by atoms with van der Waals surface area (Å²) in [6, 6.07) is 5.63. The highest BCUT2D eigenvalue weighted by Gasteiger charge is 2.21. The Balaban J connectivity index is 1.69. The molecule has 3 rings (SSSR count). The van der Waals surface area contributed by atoms with Crippen LogP contribution in [0.1, 0.15) is 55.3 Å². The standard InChI is InChI=1S/C21H32N4O3/c1-28-14-11-22-20(26)18-15-17(9-10-19(18)25-12-5-6-13-25)24-21(27)23-16-7-3-2-4-8-16/h9-10,15-16H,2-8,11-14H2,1H3,(H,22,26)(H2,23,24,27). The number of hydrogen-bond acceptors (Lipinski definition) is 4. The van der Waals surface area contributed by atoms with Crippen molar-refractivity contribution in [2.24, 2.45) is 0 Å². The third-order valence-electron chi connectivity index (χ3n) is 5.48. The van der Waals surface area contributed by atoms with Gasteiger partial charge in [0.2, 0.25) is 0 Å². The fourth-order valence-corrected chi connectivity index (χ4v) is 3.99. The second-order valence-corrected chi connectivity index (χ2v) is 7.61. The van der Waals surface area contributed by atoms with Gasteiger partial charge in [0.15, 0.2) is 0 Å². The summed E-state index contributed by atoms with van der Waals surface area (Å²) in [5.74, 6) is -0.143. The Labute approximate surface area is 167 Å². The number of hydrogen-bond donors (Lipinski definition) is 3. The van der Waals surface area contributed by atoms with Crippen LogP contribution in [0.25, 0.3) is 0 Å². The normalized spacial score (nSPS) is 17.4. The van der Waals surface area contributed by atoms with Crippen LogP contribution in [0.2, 0.25) is 0 Å². The molecule has 7 nitrogen and oxygen atoms in total. The van der Waals surface area contributed by atoms with Crippen molar-refractivity contribution in [2.45, 2.75) is 51.0 Å². The number of nitrogens with zero attached hydrogens (tertiary/aromatic N) is 1. The Morgan fingerprint density at radius 2 is 1.86 bits per heavy atom. The van der Waals surface area contributed by atoms with Crippen molar-refractivity contribution in [1.29, 1.82) is 0 Å². The number of urea groups is 1. The molecule has 2 fully saturated rings. The lowest BCUT2D eigenvalue weighted by Crippen LogP contribution is -2.39. The minimum atomic E-state index is -0.202. The van der Waals surface area contributed by atoms with Crippen molar-refractivity contribution in [2.75, 3.05) is 43.6 Å². The number of methoxy groups -OCH3 is 1. The molecule has 0 unspecified atom stereocenters. The first-order chi connectivity index (χ1) is 13.7. The van der Waals surface area contributed by atoms with Gasteiger partial charge in [-0.2, -0.15) is 0 Å². The van der Waals surface area contributed by atoms with E-state index in [0.717, 1.165) is 44.5 Å². The van der Waals surface area contributed by atoms with Crippen LogP contribution >= 0.6 is 0 Å². The predicted molar refractivity (Wildman–Crippen MR) is 111 cm³/mol. The third-order valence-corrected chi connectivity index (χ3v) is 5.48. The fourth-order valence-electron chi connectivity index (χ4n) is 3.99. The summed E-state index contributed by atoms with van der Waals surface area (Å²) < 4.78 is 5.02. The summed E-state index contributed by atoms with van der Waals surface area (Å²) in [6.45, 7) is 2.82. The van der Waals surface area contributed by atoms with E-state index in [0.29, 0.717) is 24.4 Å². The molecule has 1 aliphatic heterocycles. The molecule has 7 heteroatoms. The van der Waals surface area contributed by atoms with Crippen LogP contribution < -0.4 is 20.9 Å². The lowest BCUT2D eigenvalue weighted by molar-refractivity contribution is 0.0937. The maximum atomic E-state index is 12.7. The van der Waals surface area contributed by atoms with Crippen LogP contribution in [0.3, 0.4) is 0 Å². The number of amides is 3. The molecular formula is C21H32N4O3. The molecule has 1 saturated heterocycles. The molecule has 3 N–H and O–H groups in total. The first-order valence-corrected chi connectivity index (χ1v) is 10.4. The average Bonchev–Trinajstić information content (AvgIpc) is 3.23. The van der Waals surface area contributed by atoms with Gasteiger partial charge in [0.05, 0.1) is 12.2 Å². The maximum Gasteiger partial charge on any atom is 0.319 e. The van der Waals surface area contributed by atoms with Gasteiger partial charge in [0, 0.05) is 44.2 Å². The number of carbonyl (C=O) groups is 2. The summed E-state index contributed by atoms with van der Waals surface area (Å²) >= 11 is 0. The van der Waals surface area contributed by atoms with Crippen LogP contribution in [-0.2, 0) is 4.74 Å². The molecule has 0 radical (unpaired) electrons. The average molecular weight is 389 g/mol. The molecule has 1 aliphatic carbocycles. The van der Waals surface area contributed by atoms with Gasteiger partial charge in [-0.1, -0.05) is 19.3 Å². The SMILES string of the molecule is COCCNC(=O)c1cc(NC(=O)NC2CCCCC2)ccc1N1CCCC1. The smallest absolute Gasteiger partial charge is 0.319 e. The summed E-state index contributed by atoms with van der Waals surface area (Å²) in [6.07, 6.45) is 7.92. The van der Waals surface area contributed by atoms with Crippen LogP contribution in [0.5, 0.6) is 0 Å². The molecule has 1 saturated carbocycles. The summed E-state index contributed by atoms with van der Waals surface area (Å²) in [5, 5.41) is 8.84. The highest BCUT2D eigenvalue weighted by Crippen LogP contribution is 2.27. The Kier molecular flexibility index (Phi) is 7.54. The van der Waals surface area contributed by atoms with Crippen molar-refractivity contribution in [3.63, 3.8) is 0 Å². The van der Waals surface area contributed by atoms with E-state index in [4.69, 9.17) is 4.74 Å². The Hall–Kier alpha value is -2.28. The van der Waals surface area contributed by atoms with Crippen LogP contribution in [0.15, 0.2) is 18.2 Å². The molecule has 1 aromatic rings. The summed E-state index contributed by atoms with van der Waals surface area (Å²) in [7, 11) is 1.61. The van der Waals surface area contributed by atoms with Gasteiger partial charge >= 0.3 is 6.03 Å². The van der Waals surface area contributed by atoms with E-state index >= 15 is 0 Å². The molecule has 0 spiro atoms. The van der Waals surface area contributed by atoms with Crippen LogP contribution in [0.4, 0.5) is 16.2 Å². The van der Waals surface area contributed by atoms with E-state index in [-0.39, 0.29) is 18.0 Å². The molecule has 2 aliphatic rings. The zero-order valence-electron chi connectivity index (χ0n) is 16.8. The zero-order chi connectivity index (χ0) is 19.8. The van der Waals surface area contributed by atoms with E-state index in [1.54, 1.807) is 13.2 Å². The predicted octanol–water partition coefficient (Wildman–Crippen LogP) is 3.12. The van der Waals surface area contributed by atoms with Crippen LogP contribution in [0, 0.1) is 0 Å². The first kappa shape index (κ1) is 20.5. The topological polar surface area (TPSA) is 82.7 Å². The lowest BCUT2D eigenvalue weighted by Gasteiger charge is -2.24. The number of carbonyl (C=O) groups excluding carboxylic acids is 2. The van der Waals surface area contributed by atoms with Crippen LogP contribution in [-0.4, -0.2) is 51.3 Å². The molecule has 1 heterocycles. The van der Waals surface area contributed by atoms with E-state index < -0.39 is 0 Å². The largest absolute Gasteiger partial charge is 0.383 e. The second-order valence-electron chi connectivity index (χ2n) is 7.61. The van der Waals surface area contributed by atoms with Gasteiger partial charge in [0.25, 0.3) is 5.91 Å². The Morgan fingerprint density at radius 3 is 2.57 bits per heavy atom. The number of ether oxygens (including phenoxy) is 1. The number of rotatable bonds is 7. The van der Waals surface area contributed by atoms with E-state index in [2.05, 4.69) is 20.9 Å². The van der Waals surface area contributed by atoms with E-state index in [1.807, 2.05) is 12.1 Å².